The summed E-state index contributed by atoms with van der Waals surface area (Å²) in [5, 5.41) is 3.29. The van der Waals surface area contributed by atoms with E-state index in [4.69, 9.17) is 0 Å². The van der Waals surface area contributed by atoms with Crippen LogP contribution < -0.4 is 5.32 Å². The highest BCUT2D eigenvalue weighted by molar-refractivity contribution is 5.99. The van der Waals surface area contributed by atoms with Gasteiger partial charge < -0.3 is 9.88 Å². The van der Waals surface area contributed by atoms with Crippen LogP contribution in [-0.4, -0.2) is 47.6 Å². The Hall–Kier alpha value is -0.760. The maximum Gasteiger partial charge on any atom is 0.456 e. The number of piperidine rings is 1. The molecule has 9 heteroatoms. The van der Waals surface area contributed by atoms with E-state index < -0.39 is 12.0 Å². The first-order valence-corrected chi connectivity index (χ1v) is 7.52. The number of nitrogens with zero attached hydrogens (tertiary/aromatic N) is 2. The van der Waals surface area contributed by atoms with E-state index in [1.807, 2.05) is 14.0 Å². The van der Waals surface area contributed by atoms with Crippen LogP contribution >= 0.6 is 24.8 Å². The van der Waals surface area contributed by atoms with Crippen molar-refractivity contribution in [2.24, 2.45) is 0 Å². The molecule has 1 N–H and O–H groups in total. The monoisotopic (exact) mass is 387 g/mol. The number of hydrogen-bond acceptors (Lipinski definition) is 3. The number of hydrogen-bond donors (Lipinski definition) is 1. The minimum atomic E-state index is -4.83. The molecule has 138 valence electrons. The molecule has 1 saturated heterocycles. The lowest BCUT2D eigenvalue weighted by atomic mass is 9.81. The van der Waals surface area contributed by atoms with Gasteiger partial charge in [0.15, 0.2) is 0 Å². The summed E-state index contributed by atoms with van der Waals surface area (Å²) in [6, 6.07) is 3.12. The zero-order chi connectivity index (χ0) is 16.1. The second-order valence-corrected chi connectivity index (χ2v) is 6.28. The van der Waals surface area contributed by atoms with E-state index in [2.05, 4.69) is 10.2 Å². The topological polar surface area (TPSA) is 37.3 Å². The second-order valence-electron chi connectivity index (χ2n) is 6.28. The van der Waals surface area contributed by atoms with Crippen molar-refractivity contribution in [3.05, 3.63) is 23.5 Å². The van der Waals surface area contributed by atoms with Gasteiger partial charge in [-0.05, 0) is 52.0 Å². The van der Waals surface area contributed by atoms with Gasteiger partial charge in [-0.1, -0.05) is 0 Å². The van der Waals surface area contributed by atoms with Crippen molar-refractivity contribution in [2.45, 2.75) is 44.1 Å². The first kappa shape index (κ1) is 21.3. The first-order chi connectivity index (χ1) is 10.3. The molecular weight excluding hydrogens is 366 g/mol. The number of nitrogens with one attached hydrogen (secondary N) is 1. The number of Topliss-reactive ketones (excluding diaryl/α,β-unsaturated/α-hetero) is 1. The number of halogens is 5. The Morgan fingerprint density at radius 3 is 2.38 bits per heavy atom. The lowest BCUT2D eigenvalue weighted by Gasteiger charge is -2.51. The molecule has 0 saturated carbocycles. The molecule has 1 atom stereocenters. The molecular formula is C15H22Cl2F3N3O. The zero-order valence-electron chi connectivity index (χ0n) is 13.5. The number of alkyl halides is 3. The van der Waals surface area contributed by atoms with Gasteiger partial charge in [0.2, 0.25) is 0 Å². The molecule has 3 rings (SSSR count). The number of rotatable bonds is 1. The Kier molecular flexibility index (Phi) is 6.42. The minimum absolute atomic E-state index is 0. The number of aromatic nitrogens is 1. The van der Waals surface area contributed by atoms with Gasteiger partial charge in [0.25, 0.3) is 5.78 Å². The molecule has 0 amide bonds. The van der Waals surface area contributed by atoms with Gasteiger partial charge in [-0.15, -0.1) is 24.8 Å². The van der Waals surface area contributed by atoms with E-state index in [9.17, 15) is 18.0 Å². The third-order valence-electron chi connectivity index (χ3n) is 5.16. The van der Waals surface area contributed by atoms with E-state index in [-0.39, 0.29) is 42.1 Å². The summed E-state index contributed by atoms with van der Waals surface area (Å²) in [4.78, 5) is 13.9. The van der Waals surface area contributed by atoms with E-state index in [0.717, 1.165) is 31.6 Å². The lowest BCUT2D eigenvalue weighted by Crippen LogP contribution is -2.58. The molecule has 1 aromatic rings. The Labute approximate surface area is 151 Å². The van der Waals surface area contributed by atoms with E-state index >= 15 is 0 Å². The average Bonchev–Trinajstić information content (AvgIpc) is 2.88. The van der Waals surface area contributed by atoms with E-state index in [0.29, 0.717) is 6.54 Å². The number of carbonyl (C=O) groups excluding carboxylic acids is 1. The largest absolute Gasteiger partial charge is 0.456 e. The van der Waals surface area contributed by atoms with Crippen molar-refractivity contribution in [1.82, 2.24) is 14.8 Å². The van der Waals surface area contributed by atoms with Crippen LogP contribution in [0.2, 0.25) is 0 Å². The van der Waals surface area contributed by atoms with E-state index in [1.54, 1.807) is 10.6 Å². The van der Waals surface area contributed by atoms with Crippen LogP contribution in [0.1, 0.15) is 35.9 Å². The Morgan fingerprint density at radius 2 is 1.83 bits per heavy atom. The molecule has 1 unspecified atom stereocenters. The predicted octanol–water partition coefficient (Wildman–Crippen LogP) is 2.99. The summed E-state index contributed by atoms with van der Waals surface area (Å²) < 4.78 is 40.0. The van der Waals surface area contributed by atoms with Crippen molar-refractivity contribution in [2.75, 3.05) is 20.1 Å². The maximum atomic E-state index is 12.8. The molecule has 1 spiro atoms. The molecule has 1 aromatic heterocycles. The number of ketones is 1. The summed E-state index contributed by atoms with van der Waals surface area (Å²) in [5.41, 5.74) is 0.315. The number of fused-ring (bicyclic) bond motifs is 2. The summed E-state index contributed by atoms with van der Waals surface area (Å²) in [6.07, 6.45) is -3.17. The molecule has 4 nitrogen and oxygen atoms in total. The highest BCUT2D eigenvalue weighted by atomic mass is 35.5. The van der Waals surface area contributed by atoms with Crippen molar-refractivity contribution in [3.8, 4) is 0 Å². The van der Waals surface area contributed by atoms with Crippen LogP contribution in [0.15, 0.2) is 12.1 Å². The maximum absolute atomic E-state index is 12.8. The molecule has 2 aliphatic heterocycles. The van der Waals surface area contributed by atoms with Crippen LogP contribution in [0.25, 0.3) is 0 Å². The van der Waals surface area contributed by atoms with Crippen molar-refractivity contribution < 1.29 is 18.0 Å². The normalized spacial score (nSPS) is 23.1. The second kappa shape index (κ2) is 7.23. The molecule has 0 aromatic carbocycles. The molecule has 2 aliphatic rings. The quantitative estimate of drug-likeness (QED) is 0.752. The summed E-state index contributed by atoms with van der Waals surface area (Å²) in [5.74, 6) is -1.75. The minimum Gasteiger partial charge on any atom is -0.339 e. The van der Waals surface area contributed by atoms with Gasteiger partial charge >= 0.3 is 6.18 Å². The first-order valence-electron chi connectivity index (χ1n) is 7.52. The summed E-state index contributed by atoms with van der Waals surface area (Å²) >= 11 is 0. The Morgan fingerprint density at radius 1 is 1.25 bits per heavy atom. The van der Waals surface area contributed by atoms with Crippen LogP contribution in [0.4, 0.5) is 13.2 Å². The zero-order valence-corrected chi connectivity index (χ0v) is 15.2. The predicted molar refractivity (Wildman–Crippen MR) is 90.3 cm³/mol. The summed E-state index contributed by atoms with van der Waals surface area (Å²) in [6.45, 7) is 4.05. The standard InChI is InChI=1S/C15H20F3N3O.2ClH/c1-10-9-21-11(13(22)15(16,17)18)3-4-12(21)14(20(10)2)5-7-19-8-6-14;;/h3-4,10,19H,5-9H2,1-2H3;2*1H. The fourth-order valence-electron chi connectivity index (χ4n) is 3.85. The van der Waals surface area contributed by atoms with E-state index in [1.165, 1.54) is 6.07 Å². The summed E-state index contributed by atoms with van der Waals surface area (Å²) in [7, 11) is 2.03. The smallest absolute Gasteiger partial charge is 0.339 e. The van der Waals surface area contributed by atoms with Gasteiger partial charge in [0, 0.05) is 18.3 Å². The van der Waals surface area contributed by atoms with Crippen LogP contribution in [0, 0.1) is 0 Å². The SMILES string of the molecule is CC1Cn2c(C(=O)C(F)(F)F)ccc2C2(CCNCC2)N1C.Cl.Cl. The van der Waals surface area contributed by atoms with Gasteiger partial charge in [-0.3, -0.25) is 9.69 Å². The van der Waals surface area contributed by atoms with Crippen molar-refractivity contribution >= 4 is 30.6 Å². The highest BCUT2D eigenvalue weighted by Crippen LogP contribution is 2.42. The van der Waals surface area contributed by atoms with Crippen LogP contribution in [0.3, 0.4) is 0 Å². The van der Waals surface area contributed by atoms with Crippen LogP contribution in [-0.2, 0) is 12.1 Å². The molecule has 0 bridgehead atoms. The number of carbonyl (C=O) groups is 1. The fraction of sp³-hybridized carbons (Fsp3) is 0.667. The molecule has 0 radical (unpaired) electrons. The Balaban J connectivity index is 0.00000144. The van der Waals surface area contributed by atoms with Crippen molar-refractivity contribution in [3.63, 3.8) is 0 Å². The number of likely N-dealkylation sites (N-methyl/N-ethyl adjacent to an activating group) is 1. The molecule has 24 heavy (non-hydrogen) atoms. The van der Waals surface area contributed by atoms with Gasteiger partial charge in [0.05, 0.1) is 11.2 Å². The molecule has 1 fully saturated rings. The molecule has 0 aliphatic carbocycles. The third-order valence-corrected chi connectivity index (χ3v) is 5.16. The molecule has 3 heterocycles. The fourth-order valence-corrected chi connectivity index (χ4v) is 3.85. The third kappa shape index (κ3) is 3.19. The van der Waals surface area contributed by atoms with Crippen molar-refractivity contribution in [1.29, 1.82) is 0 Å². The van der Waals surface area contributed by atoms with Crippen LogP contribution in [0.5, 0.6) is 0 Å². The Bertz CT molecular complexity index is 597. The van der Waals surface area contributed by atoms with Gasteiger partial charge in [-0.2, -0.15) is 13.2 Å². The van der Waals surface area contributed by atoms with Gasteiger partial charge in [0.1, 0.15) is 0 Å². The lowest BCUT2D eigenvalue weighted by molar-refractivity contribution is -0.0893. The average molecular weight is 388 g/mol. The highest BCUT2D eigenvalue weighted by Gasteiger charge is 2.48. The van der Waals surface area contributed by atoms with Gasteiger partial charge in [-0.25, -0.2) is 0 Å².